The lowest BCUT2D eigenvalue weighted by Crippen LogP contribution is -2.40. The molecule has 3 aromatic rings. The van der Waals surface area contributed by atoms with E-state index >= 15 is 0 Å². The molecule has 6 heteroatoms. The minimum absolute atomic E-state index is 0.0445. The van der Waals surface area contributed by atoms with Gasteiger partial charge in [-0.25, -0.2) is 4.68 Å². The highest BCUT2D eigenvalue weighted by Crippen LogP contribution is 2.15. The third-order valence-corrected chi connectivity index (χ3v) is 4.16. The van der Waals surface area contributed by atoms with Crippen LogP contribution in [-0.4, -0.2) is 31.5 Å². The standard InChI is InChI=1S/C17H17N5O/c23-17(20-14-6-10-22-16(12-14)5-8-19-22)13-3-1-4-15(11-13)21-9-2-7-18-21/h1-5,7-9,11,14H,6,10,12H2,(H,20,23)/t14-/m0/s1. The summed E-state index contributed by atoms with van der Waals surface area (Å²) in [4.78, 5) is 12.5. The molecular weight excluding hydrogens is 290 g/mol. The lowest BCUT2D eigenvalue weighted by Gasteiger charge is -2.24. The predicted octanol–water partition coefficient (Wildman–Crippen LogP) is 1.81. The Labute approximate surface area is 133 Å². The highest BCUT2D eigenvalue weighted by molar-refractivity contribution is 5.94. The van der Waals surface area contributed by atoms with Crippen molar-refractivity contribution in [3.63, 3.8) is 0 Å². The van der Waals surface area contributed by atoms with E-state index in [0.29, 0.717) is 5.56 Å². The number of hydrogen-bond donors (Lipinski definition) is 1. The van der Waals surface area contributed by atoms with E-state index < -0.39 is 0 Å². The summed E-state index contributed by atoms with van der Waals surface area (Å²) in [6, 6.07) is 11.5. The van der Waals surface area contributed by atoms with Gasteiger partial charge in [0.05, 0.1) is 5.69 Å². The molecule has 1 aromatic carbocycles. The SMILES string of the molecule is O=C(N[C@H]1CCn2nccc2C1)c1cccc(-n2cccn2)c1. The van der Waals surface area contributed by atoms with Crippen molar-refractivity contribution in [2.75, 3.05) is 0 Å². The van der Waals surface area contributed by atoms with Crippen molar-refractivity contribution in [3.8, 4) is 5.69 Å². The Kier molecular flexibility index (Phi) is 3.42. The topological polar surface area (TPSA) is 64.7 Å². The number of carbonyl (C=O) groups is 1. The second-order valence-electron chi connectivity index (χ2n) is 5.71. The van der Waals surface area contributed by atoms with E-state index in [0.717, 1.165) is 25.1 Å². The number of hydrogen-bond acceptors (Lipinski definition) is 3. The summed E-state index contributed by atoms with van der Waals surface area (Å²) in [6.07, 6.45) is 7.12. The van der Waals surface area contributed by atoms with Gasteiger partial charge in [-0.2, -0.15) is 10.2 Å². The van der Waals surface area contributed by atoms with Crippen molar-refractivity contribution in [3.05, 3.63) is 66.2 Å². The number of fused-ring (bicyclic) bond motifs is 1. The van der Waals surface area contributed by atoms with Gasteiger partial charge in [0.25, 0.3) is 5.91 Å². The zero-order chi connectivity index (χ0) is 15.6. The molecule has 0 aliphatic carbocycles. The number of amides is 1. The highest BCUT2D eigenvalue weighted by Gasteiger charge is 2.21. The molecule has 116 valence electrons. The molecule has 23 heavy (non-hydrogen) atoms. The third kappa shape index (κ3) is 2.75. The van der Waals surface area contributed by atoms with Crippen molar-refractivity contribution in [1.82, 2.24) is 24.9 Å². The van der Waals surface area contributed by atoms with Crippen LogP contribution >= 0.6 is 0 Å². The summed E-state index contributed by atoms with van der Waals surface area (Å²) in [5, 5.41) is 11.6. The van der Waals surface area contributed by atoms with Crippen molar-refractivity contribution < 1.29 is 4.79 Å². The van der Waals surface area contributed by atoms with Crippen LogP contribution in [0.1, 0.15) is 22.5 Å². The Morgan fingerprint density at radius 2 is 2.13 bits per heavy atom. The van der Waals surface area contributed by atoms with E-state index in [4.69, 9.17) is 0 Å². The van der Waals surface area contributed by atoms with Crippen molar-refractivity contribution in [1.29, 1.82) is 0 Å². The number of carbonyl (C=O) groups excluding carboxylic acids is 1. The molecule has 1 aliphatic heterocycles. The average molecular weight is 307 g/mol. The van der Waals surface area contributed by atoms with Gasteiger partial charge in [-0.1, -0.05) is 6.07 Å². The summed E-state index contributed by atoms with van der Waals surface area (Å²) in [6.45, 7) is 0.848. The van der Waals surface area contributed by atoms with Gasteiger partial charge in [0.15, 0.2) is 0 Å². The fourth-order valence-corrected chi connectivity index (χ4v) is 2.97. The van der Waals surface area contributed by atoms with E-state index in [9.17, 15) is 4.79 Å². The molecule has 1 amide bonds. The number of aromatic nitrogens is 4. The number of benzene rings is 1. The first-order valence-corrected chi connectivity index (χ1v) is 7.71. The molecule has 0 unspecified atom stereocenters. The van der Waals surface area contributed by atoms with Gasteiger partial charge in [-0.15, -0.1) is 0 Å². The van der Waals surface area contributed by atoms with Crippen molar-refractivity contribution in [2.45, 2.75) is 25.4 Å². The van der Waals surface area contributed by atoms with Gasteiger partial charge < -0.3 is 5.32 Å². The first kappa shape index (κ1) is 13.8. The second kappa shape index (κ2) is 5.72. The minimum atomic E-state index is -0.0445. The monoisotopic (exact) mass is 307 g/mol. The van der Waals surface area contributed by atoms with Crippen molar-refractivity contribution in [2.24, 2.45) is 0 Å². The maximum Gasteiger partial charge on any atom is 0.251 e. The summed E-state index contributed by atoms with van der Waals surface area (Å²) < 4.78 is 3.75. The second-order valence-corrected chi connectivity index (χ2v) is 5.71. The van der Waals surface area contributed by atoms with E-state index in [-0.39, 0.29) is 11.9 Å². The van der Waals surface area contributed by atoms with Gasteiger partial charge >= 0.3 is 0 Å². The van der Waals surface area contributed by atoms with Crippen LogP contribution in [0.25, 0.3) is 5.69 Å². The molecule has 1 atom stereocenters. The largest absolute Gasteiger partial charge is 0.349 e. The molecule has 4 rings (SSSR count). The lowest BCUT2D eigenvalue weighted by molar-refractivity contribution is 0.0930. The number of rotatable bonds is 3. The van der Waals surface area contributed by atoms with E-state index in [1.54, 1.807) is 10.9 Å². The fourth-order valence-electron chi connectivity index (χ4n) is 2.97. The van der Waals surface area contributed by atoms with Crippen LogP contribution in [0, 0.1) is 0 Å². The zero-order valence-corrected chi connectivity index (χ0v) is 12.6. The molecule has 0 saturated carbocycles. The smallest absolute Gasteiger partial charge is 0.251 e. The first-order valence-electron chi connectivity index (χ1n) is 7.71. The first-order chi connectivity index (χ1) is 11.3. The fraction of sp³-hybridized carbons (Fsp3) is 0.235. The summed E-state index contributed by atoms with van der Waals surface area (Å²) in [5.74, 6) is -0.0445. The van der Waals surface area contributed by atoms with Crippen LogP contribution in [0.4, 0.5) is 0 Å². The molecule has 0 fully saturated rings. The number of nitrogens with one attached hydrogen (secondary N) is 1. The average Bonchev–Trinajstić information content (AvgIpc) is 3.26. The van der Waals surface area contributed by atoms with Crippen LogP contribution in [0.2, 0.25) is 0 Å². The Morgan fingerprint density at radius 3 is 3.00 bits per heavy atom. The lowest BCUT2D eigenvalue weighted by atomic mass is 10.0. The predicted molar refractivity (Wildman–Crippen MR) is 85.4 cm³/mol. The van der Waals surface area contributed by atoms with E-state index in [2.05, 4.69) is 15.5 Å². The molecule has 0 saturated heterocycles. The van der Waals surface area contributed by atoms with E-state index in [1.807, 2.05) is 53.5 Å². The van der Waals surface area contributed by atoms with Gasteiger partial charge in [-0.05, 0) is 36.8 Å². The molecule has 3 heterocycles. The third-order valence-electron chi connectivity index (χ3n) is 4.16. The van der Waals surface area contributed by atoms with Crippen LogP contribution in [-0.2, 0) is 13.0 Å². The summed E-state index contributed by atoms with van der Waals surface area (Å²) >= 11 is 0. The Bertz CT molecular complexity index is 821. The van der Waals surface area contributed by atoms with Crippen LogP contribution in [0.3, 0.4) is 0 Å². The van der Waals surface area contributed by atoms with Gasteiger partial charge in [0.1, 0.15) is 0 Å². The Balaban J connectivity index is 1.49. The normalized spacial score (nSPS) is 16.8. The maximum atomic E-state index is 12.5. The summed E-state index contributed by atoms with van der Waals surface area (Å²) in [7, 11) is 0. The Morgan fingerprint density at radius 1 is 1.17 bits per heavy atom. The van der Waals surface area contributed by atoms with E-state index in [1.165, 1.54) is 5.69 Å². The maximum absolute atomic E-state index is 12.5. The van der Waals surface area contributed by atoms with Crippen LogP contribution in [0.5, 0.6) is 0 Å². The Hall–Kier alpha value is -2.89. The molecule has 0 bridgehead atoms. The van der Waals surface area contributed by atoms with Crippen LogP contribution < -0.4 is 5.32 Å². The molecule has 0 spiro atoms. The summed E-state index contributed by atoms with van der Waals surface area (Å²) in [5.41, 5.74) is 2.70. The molecule has 1 N–H and O–H groups in total. The zero-order valence-electron chi connectivity index (χ0n) is 12.6. The van der Waals surface area contributed by atoms with Gasteiger partial charge in [0, 0.05) is 48.9 Å². The molecule has 6 nitrogen and oxygen atoms in total. The van der Waals surface area contributed by atoms with Crippen molar-refractivity contribution >= 4 is 5.91 Å². The number of aryl methyl sites for hydroxylation is 1. The molecule has 1 aliphatic rings. The molecular formula is C17H17N5O. The van der Waals surface area contributed by atoms with Crippen LogP contribution in [0.15, 0.2) is 55.0 Å². The quantitative estimate of drug-likeness (QED) is 0.802. The molecule has 2 aromatic heterocycles. The highest BCUT2D eigenvalue weighted by atomic mass is 16.1. The molecule has 0 radical (unpaired) electrons. The number of nitrogens with zero attached hydrogens (tertiary/aromatic N) is 4. The van der Waals surface area contributed by atoms with Gasteiger partial charge in [0.2, 0.25) is 0 Å². The minimum Gasteiger partial charge on any atom is -0.349 e. The van der Waals surface area contributed by atoms with Gasteiger partial charge in [-0.3, -0.25) is 9.48 Å².